The van der Waals surface area contributed by atoms with Gasteiger partial charge >= 0.3 is 0 Å². The largest absolute Gasteiger partial charge is 0.395 e. The average Bonchev–Trinajstić information content (AvgIpc) is 2.81. The number of nitrogens with zero attached hydrogens (tertiary/aromatic N) is 2. The summed E-state index contributed by atoms with van der Waals surface area (Å²) in [5, 5.41) is 9.14. The van der Waals surface area contributed by atoms with Gasteiger partial charge in [-0.2, -0.15) is 0 Å². The molecule has 0 aliphatic rings. The van der Waals surface area contributed by atoms with Gasteiger partial charge in [0.25, 0.3) is 0 Å². The Kier molecular flexibility index (Phi) is 3.58. The molecule has 3 nitrogen and oxygen atoms in total. The number of hydrogen-bond acceptors (Lipinski definition) is 2. The summed E-state index contributed by atoms with van der Waals surface area (Å²) in [6.45, 7) is -0.225. The van der Waals surface area contributed by atoms with Gasteiger partial charge < -0.3 is 9.67 Å². The van der Waals surface area contributed by atoms with Crippen molar-refractivity contribution in [2.75, 3.05) is 6.61 Å². The van der Waals surface area contributed by atoms with Gasteiger partial charge in [0.1, 0.15) is 5.82 Å². The van der Waals surface area contributed by atoms with Crippen LogP contribution in [0.25, 0.3) is 22.4 Å². The van der Waals surface area contributed by atoms with Crippen LogP contribution in [0.4, 0.5) is 17.6 Å². The maximum atomic E-state index is 13.4. The highest BCUT2D eigenvalue weighted by molar-refractivity contribution is 5.80. The van der Waals surface area contributed by atoms with E-state index in [0.29, 0.717) is 0 Å². The van der Waals surface area contributed by atoms with Crippen LogP contribution in [0.5, 0.6) is 0 Å². The molecule has 0 amide bonds. The van der Waals surface area contributed by atoms with Gasteiger partial charge in [0.15, 0.2) is 23.3 Å². The summed E-state index contributed by atoms with van der Waals surface area (Å²) in [6, 6.07) is 5.06. The van der Waals surface area contributed by atoms with Gasteiger partial charge in [0, 0.05) is 24.2 Å². The SMILES string of the molecule is OCCn1c(-c2ccc(F)c(F)c2)nc2cc(F)c(F)cc21. The Morgan fingerprint density at radius 2 is 1.59 bits per heavy atom. The number of rotatable bonds is 3. The molecule has 0 saturated heterocycles. The summed E-state index contributed by atoms with van der Waals surface area (Å²) in [6.07, 6.45) is 0. The molecule has 3 rings (SSSR count). The fourth-order valence-corrected chi connectivity index (χ4v) is 2.30. The number of imidazole rings is 1. The number of aromatic nitrogens is 2. The molecular weight excluding hydrogens is 300 g/mol. The minimum atomic E-state index is -1.06. The van der Waals surface area contributed by atoms with Gasteiger partial charge in [0.2, 0.25) is 0 Å². The number of benzene rings is 2. The first kappa shape index (κ1) is 14.5. The van der Waals surface area contributed by atoms with Crippen molar-refractivity contribution in [3.8, 4) is 11.4 Å². The van der Waals surface area contributed by atoms with E-state index in [0.717, 1.165) is 24.3 Å². The molecule has 1 aromatic heterocycles. The van der Waals surface area contributed by atoms with Gasteiger partial charge in [-0.3, -0.25) is 0 Å². The normalized spacial score (nSPS) is 11.3. The van der Waals surface area contributed by atoms with Crippen molar-refractivity contribution >= 4 is 11.0 Å². The Morgan fingerprint density at radius 3 is 2.27 bits per heavy atom. The molecular formula is C15H10F4N2O. The van der Waals surface area contributed by atoms with Crippen molar-refractivity contribution in [2.24, 2.45) is 0 Å². The van der Waals surface area contributed by atoms with Crippen molar-refractivity contribution in [1.29, 1.82) is 0 Å². The van der Waals surface area contributed by atoms with Crippen LogP contribution in [0.3, 0.4) is 0 Å². The summed E-state index contributed by atoms with van der Waals surface area (Å²) in [4.78, 5) is 4.13. The molecule has 0 spiro atoms. The lowest BCUT2D eigenvalue weighted by Crippen LogP contribution is -2.04. The molecule has 2 aromatic carbocycles. The van der Waals surface area contributed by atoms with Crippen molar-refractivity contribution in [3.05, 3.63) is 53.6 Å². The predicted octanol–water partition coefficient (Wildman–Crippen LogP) is 3.25. The molecule has 0 aliphatic heterocycles. The zero-order valence-corrected chi connectivity index (χ0v) is 11.2. The van der Waals surface area contributed by atoms with E-state index >= 15 is 0 Å². The highest BCUT2D eigenvalue weighted by Gasteiger charge is 2.16. The molecule has 0 radical (unpaired) electrons. The predicted molar refractivity (Wildman–Crippen MR) is 72.1 cm³/mol. The third-order valence-corrected chi connectivity index (χ3v) is 3.29. The van der Waals surface area contributed by atoms with Crippen molar-refractivity contribution in [3.63, 3.8) is 0 Å². The minimum Gasteiger partial charge on any atom is -0.395 e. The van der Waals surface area contributed by atoms with Crippen molar-refractivity contribution < 1.29 is 22.7 Å². The highest BCUT2D eigenvalue weighted by Crippen LogP contribution is 2.27. The Balaban J connectivity index is 2.27. The topological polar surface area (TPSA) is 38.0 Å². The van der Waals surface area contributed by atoms with E-state index in [1.165, 1.54) is 10.6 Å². The van der Waals surface area contributed by atoms with Gasteiger partial charge in [0.05, 0.1) is 17.6 Å². The zero-order valence-electron chi connectivity index (χ0n) is 11.2. The molecule has 114 valence electrons. The molecule has 0 aliphatic carbocycles. The van der Waals surface area contributed by atoms with E-state index in [2.05, 4.69) is 4.98 Å². The van der Waals surface area contributed by atoms with E-state index in [9.17, 15) is 17.6 Å². The quantitative estimate of drug-likeness (QED) is 0.754. The van der Waals surface area contributed by atoms with Gasteiger partial charge in [-0.25, -0.2) is 22.5 Å². The Bertz CT molecular complexity index is 860. The van der Waals surface area contributed by atoms with Crippen LogP contribution in [0, 0.1) is 23.3 Å². The van der Waals surface area contributed by atoms with E-state index in [1.54, 1.807) is 0 Å². The second-order valence-electron chi connectivity index (χ2n) is 4.69. The van der Waals surface area contributed by atoms with Crippen molar-refractivity contribution in [1.82, 2.24) is 9.55 Å². The minimum absolute atomic E-state index is 0.0515. The Morgan fingerprint density at radius 1 is 0.909 bits per heavy atom. The van der Waals surface area contributed by atoms with Crippen LogP contribution in [-0.2, 0) is 6.54 Å². The standard InChI is InChI=1S/C15H10F4N2O/c16-9-2-1-8(5-10(9)17)15-20-13-6-11(18)12(19)7-14(13)21(15)3-4-22/h1-2,5-7,22H,3-4H2. The lowest BCUT2D eigenvalue weighted by atomic mass is 10.2. The first-order valence-corrected chi connectivity index (χ1v) is 6.43. The van der Waals surface area contributed by atoms with Gasteiger partial charge in [-0.15, -0.1) is 0 Å². The monoisotopic (exact) mass is 310 g/mol. The fraction of sp³-hybridized carbons (Fsp3) is 0.133. The highest BCUT2D eigenvalue weighted by atomic mass is 19.2. The summed E-state index contributed by atoms with van der Waals surface area (Å²) in [5.41, 5.74) is 0.657. The molecule has 1 heterocycles. The maximum Gasteiger partial charge on any atom is 0.161 e. The number of hydrogen-bond donors (Lipinski definition) is 1. The first-order chi connectivity index (χ1) is 10.5. The average molecular weight is 310 g/mol. The summed E-state index contributed by atoms with van der Waals surface area (Å²) in [7, 11) is 0. The molecule has 0 fully saturated rings. The van der Waals surface area contributed by atoms with Crippen LogP contribution < -0.4 is 0 Å². The van der Waals surface area contributed by atoms with Crippen molar-refractivity contribution in [2.45, 2.75) is 6.54 Å². The number of aliphatic hydroxyl groups excluding tert-OH is 1. The summed E-state index contributed by atoms with van der Waals surface area (Å²) < 4.78 is 54.6. The van der Waals surface area contributed by atoms with E-state index in [1.807, 2.05) is 0 Å². The molecule has 3 aromatic rings. The zero-order chi connectivity index (χ0) is 15.9. The Labute approximate surface area is 122 Å². The number of aliphatic hydroxyl groups is 1. The fourth-order valence-electron chi connectivity index (χ4n) is 2.30. The molecule has 0 bridgehead atoms. The third-order valence-electron chi connectivity index (χ3n) is 3.29. The van der Waals surface area contributed by atoms with E-state index in [4.69, 9.17) is 5.11 Å². The first-order valence-electron chi connectivity index (χ1n) is 6.43. The summed E-state index contributed by atoms with van der Waals surface area (Å²) >= 11 is 0. The van der Waals surface area contributed by atoms with Crippen LogP contribution >= 0.6 is 0 Å². The van der Waals surface area contributed by atoms with E-state index < -0.39 is 23.3 Å². The lowest BCUT2D eigenvalue weighted by molar-refractivity contribution is 0.278. The van der Waals surface area contributed by atoms with Crippen LogP contribution in [0.1, 0.15) is 0 Å². The van der Waals surface area contributed by atoms with Gasteiger partial charge in [-0.1, -0.05) is 0 Å². The van der Waals surface area contributed by atoms with Crippen LogP contribution in [-0.4, -0.2) is 21.3 Å². The maximum absolute atomic E-state index is 13.4. The Hall–Kier alpha value is -2.41. The smallest absolute Gasteiger partial charge is 0.161 e. The molecule has 22 heavy (non-hydrogen) atoms. The number of fused-ring (bicyclic) bond motifs is 1. The molecule has 1 N–H and O–H groups in total. The number of halogens is 4. The summed E-state index contributed by atoms with van der Waals surface area (Å²) in [5.74, 6) is -3.99. The molecule has 0 saturated carbocycles. The molecule has 0 unspecified atom stereocenters. The van der Waals surface area contributed by atoms with Gasteiger partial charge in [-0.05, 0) is 18.2 Å². The lowest BCUT2D eigenvalue weighted by Gasteiger charge is -2.08. The molecule has 7 heteroatoms. The molecule has 0 atom stereocenters. The van der Waals surface area contributed by atoms with Crippen LogP contribution in [0.2, 0.25) is 0 Å². The third kappa shape index (κ3) is 2.33. The van der Waals surface area contributed by atoms with E-state index in [-0.39, 0.29) is 35.6 Å². The second-order valence-corrected chi connectivity index (χ2v) is 4.69. The van der Waals surface area contributed by atoms with Crippen LogP contribution in [0.15, 0.2) is 30.3 Å². The second kappa shape index (κ2) is 5.42.